The van der Waals surface area contributed by atoms with Gasteiger partial charge in [0, 0.05) is 31.6 Å². The molecule has 6 heteroatoms. The third-order valence-electron chi connectivity index (χ3n) is 7.16. The third kappa shape index (κ3) is 3.98. The standard InChI is InChI=1S/C23H34N2O3S/c1-17-5-7-20(8-6-17)29(27,28)24-11-9-18(10-12-24)21(26)25-16-23(4)14-19(25)13-22(2,3)15-23/h5-8,18-19H,9-16H2,1-4H3/t19-,23-/m0/s1. The Bertz CT molecular complexity index is 885. The van der Waals surface area contributed by atoms with Gasteiger partial charge in [-0.15, -0.1) is 0 Å². The Morgan fingerprint density at radius 1 is 1.03 bits per heavy atom. The van der Waals surface area contributed by atoms with E-state index in [9.17, 15) is 13.2 Å². The summed E-state index contributed by atoms with van der Waals surface area (Å²) in [6, 6.07) is 7.36. The fourth-order valence-electron chi connectivity index (χ4n) is 6.15. The first-order valence-electron chi connectivity index (χ1n) is 10.9. The molecule has 2 saturated heterocycles. The molecular formula is C23H34N2O3S. The lowest BCUT2D eigenvalue weighted by atomic mass is 9.65. The topological polar surface area (TPSA) is 57.7 Å². The maximum Gasteiger partial charge on any atom is 0.243 e. The average molecular weight is 419 g/mol. The van der Waals surface area contributed by atoms with Gasteiger partial charge in [-0.05, 0) is 62.0 Å². The third-order valence-corrected chi connectivity index (χ3v) is 9.07. The lowest BCUT2D eigenvalue weighted by molar-refractivity contribution is -0.138. The maximum absolute atomic E-state index is 13.3. The van der Waals surface area contributed by atoms with Crippen molar-refractivity contribution in [2.24, 2.45) is 16.7 Å². The molecule has 0 unspecified atom stereocenters. The van der Waals surface area contributed by atoms with Gasteiger partial charge < -0.3 is 4.90 Å². The summed E-state index contributed by atoms with van der Waals surface area (Å²) in [5, 5.41) is 0. The van der Waals surface area contributed by atoms with Crippen LogP contribution in [0, 0.1) is 23.7 Å². The first kappa shape index (κ1) is 20.9. The van der Waals surface area contributed by atoms with Crippen LogP contribution in [-0.4, -0.2) is 49.2 Å². The maximum atomic E-state index is 13.3. The molecule has 0 aromatic heterocycles. The summed E-state index contributed by atoms with van der Waals surface area (Å²) < 4.78 is 27.4. The van der Waals surface area contributed by atoms with E-state index in [0.717, 1.165) is 24.9 Å². The van der Waals surface area contributed by atoms with E-state index in [4.69, 9.17) is 0 Å². The lowest BCUT2D eigenvalue weighted by Gasteiger charge is -2.40. The van der Waals surface area contributed by atoms with Gasteiger partial charge in [0.25, 0.3) is 0 Å². The van der Waals surface area contributed by atoms with Crippen LogP contribution in [0.4, 0.5) is 0 Å². The summed E-state index contributed by atoms with van der Waals surface area (Å²) in [4.78, 5) is 15.8. The van der Waals surface area contributed by atoms with E-state index >= 15 is 0 Å². The van der Waals surface area contributed by atoms with Crippen molar-refractivity contribution in [1.29, 1.82) is 0 Å². The largest absolute Gasteiger partial charge is 0.339 e. The normalized spacial score (nSPS) is 30.5. The molecule has 1 amide bonds. The van der Waals surface area contributed by atoms with E-state index in [1.165, 1.54) is 6.42 Å². The number of carbonyl (C=O) groups excluding carboxylic acids is 1. The zero-order valence-corrected chi connectivity index (χ0v) is 19.0. The smallest absolute Gasteiger partial charge is 0.243 e. The molecule has 3 fully saturated rings. The molecule has 4 rings (SSSR count). The summed E-state index contributed by atoms with van der Waals surface area (Å²) in [6.45, 7) is 10.6. The Labute approximate surface area is 175 Å². The number of carbonyl (C=O) groups is 1. The number of amides is 1. The number of nitrogens with zero attached hydrogens (tertiary/aromatic N) is 2. The Balaban J connectivity index is 1.41. The molecule has 29 heavy (non-hydrogen) atoms. The minimum Gasteiger partial charge on any atom is -0.339 e. The molecule has 1 aromatic carbocycles. The molecule has 0 spiro atoms. The number of fused-ring (bicyclic) bond motifs is 2. The number of sulfonamides is 1. The van der Waals surface area contributed by atoms with Crippen LogP contribution in [0.3, 0.4) is 0 Å². The molecule has 2 bridgehead atoms. The summed E-state index contributed by atoms with van der Waals surface area (Å²) in [5.41, 5.74) is 1.57. The fourth-order valence-corrected chi connectivity index (χ4v) is 7.62. The molecule has 1 saturated carbocycles. The van der Waals surface area contributed by atoms with Crippen LogP contribution in [0.15, 0.2) is 29.2 Å². The van der Waals surface area contributed by atoms with E-state index in [0.29, 0.717) is 36.9 Å². The Kier molecular flexibility index (Phi) is 5.10. The zero-order valence-electron chi connectivity index (χ0n) is 18.1. The molecule has 1 aromatic rings. The van der Waals surface area contributed by atoms with Gasteiger partial charge in [-0.3, -0.25) is 4.79 Å². The van der Waals surface area contributed by atoms with E-state index in [1.807, 2.05) is 19.1 Å². The second-order valence-electron chi connectivity index (χ2n) is 10.7. The number of benzene rings is 1. The fraction of sp³-hybridized carbons (Fsp3) is 0.696. The highest BCUT2D eigenvalue weighted by molar-refractivity contribution is 7.89. The van der Waals surface area contributed by atoms with Gasteiger partial charge in [0.15, 0.2) is 0 Å². The van der Waals surface area contributed by atoms with Gasteiger partial charge in [-0.1, -0.05) is 38.5 Å². The molecular weight excluding hydrogens is 384 g/mol. The predicted octanol–water partition coefficient (Wildman–Crippen LogP) is 3.82. The van der Waals surface area contributed by atoms with Crippen LogP contribution in [-0.2, 0) is 14.8 Å². The summed E-state index contributed by atoms with van der Waals surface area (Å²) in [5.74, 6) is 0.203. The first-order valence-corrected chi connectivity index (χ1v) is 12.3. The Morgan fingerprint density at radius 2 is 1.66 bits per heavy atom. The van der Waals surface area contributed by atoms with Crippen molar-refractivity contribution in [3.63, 3.8) is 0 Å². The van der Waals surface area contributed by atoms with E-state index in [2.05, 4.69) is 25.7 Å². The van der Waals surface area contributed by atoms with Crippen molar-refractivity contribution >= 4 is 15.9 Å². The summed E-state index contributed by atoms with van der Waals surface area (Å²) in [7, 11) is -3.48. The number of hydrogen-bond donors (Lipinski definition) is 0. The van der Waals surface area contributed by atoms with E-state index < -0.39 is 10.0 Å². The molecule has 160 valence electrons. The Hall–Kier alpha value is -1.40. The van der Waals surface area contributed by atoms with Crippen molar-refractivity contribution < 1.29 is 13.2 Å². The van der Waals surface area contributed by atoms with E-state index in [-0.39, 0.29) is 22.7 Å². The monoisotopic (exact) mass is 418 g/mol. The highest BCUT2D eigenvalue weighted by atomic mass is 32.2. The van der Waals surface area contributed by atoms with Gasteiger partial charge in [-0.2, -0.15) is 4.31 Å². The number of hydrogen-bond acceptors (Lipinski definition) is 3. The molecule has 5 nitrogen and oxygen atoms in total. The second-order valence-corrected chi connectivity index (χ2v) is 12.6. The van der Waals surface area contributed by atoms with Crippen molar-refractivity contribution in [3.05, 3.63) is 29.8 Å². The van der Waals surface area contributed by atoms with Gasteiger partial charge in [0.2, 0.25) is 15.9 Å². The predicted molar refractivity (Wildman–Crippen MR) is 114 cm³/mol. The van der Waals surface area contributed by atoms with Crippen molar-refractivity contribution in [2.75, 3.05) is 19.6 Å². The number of piperidine rings is 1. The molecule has 3 aliphatic rings. The van der Waals surface area contributed by atoms with Crippen molar-refractivity contribution in [1.82, 2.24) is 9.21 Å². The SMILES string of the molecule is Cc1ccc(S(=O)(=O)N2CCC(C(=O)N3C[C@@]4(C)C[C@@H]3CC(C)(C)C4)CC2)cc1. The zero-order chi connectivity index (χ0) is 21.0. The second kappa shape index (κ2) is 7.09. The van der Waals surface area contributed by atoms with Crippen LogP contribution in [0.5, 0.6) is 0 Å². The number of aryl methyl sites for hydroxylation is 1. The molecule has 2 aliphatic heterocycles. The molecule has 0 radical (unpaired) electrons. The quantitative estimate of drug-likeness (QED) is 0.750. The summed E-state index contributed by atoms with van der Waals surface area (Å²) in [6.07, 6.45) is 4.60. The molecule has 0 N–H and O–H groups in total. The Morgan fingerprint density at radius 3 is 2.28 bits per heavy atom. The van der Waals surface area contributed by atoms with Crippen LogP contribution in [0.25, 0.3) is 0 Å². The van der Waals surface area contributed by atoms with Crippen LogP contribution < -0.4 is 0 Å². The van der Waals surface area contributed by atoms with Crippen LogP contribution >= 0.6 is 0 Å². The van der Waals surface area contributed by atoms with Crippen LogP contribution in [0.1, 0.15) is 58.4 Å². The molecule has 1 aliphatic carbocycles. The van der Waals surface area contributed by atoms with E-state index in [1.54, 1.807) is 16.4 Å². The van der Waals surface area contributed by atoms with Gasteiger partial charge >= 0.3 is 0 Å². The number of likely N-dealkylation sites (tertiary alicyclic amines) is 1. The van der Waals surface area contributed by atoms with Gasteiger partial charge in [0.1, 0.15) is 0 Å². The minimum absolute atomic E-state index is 0.0504. The molecule has 2 heterocycles. The minimum atomic E-state index is -3.48. The highest BCUT2D eigenvalue weighted by Crippen LogP contribution is 2.52. The average Bonchev–Trinajstić information content (AvgIpc) is 2.90. The van der Waals surface area contributed by atoms with Crippen molar-refractivity contribution in [3.8, 4) is 0 Å². The summed E-state index contributed by atoms with van der Waals surface area (Å²) >= 11 is 0. The van der Waals surface area contributed by atoms with Gasteiger partial charge in [0.05, 0.1) is 4.90 Å². The van der Waals surface area contributed by atoms with Gasteiger partial charge in [-0.25, -0.2) is 8.42 Å². The number of rotatable bonds is 3. The highest BCUT2D eigenvalue weighted by Gasteiger charge is 2.51. The van der Waals surface area contributed by atoms with Crippen molar-refractivity contribution in [2.45, 2.75) is 70.7 Å². The lowest BCUT2D eigenvalue weighted by Crippen LogP contribution is -2.46. The van der Waals surface area contributed by atoms with Crippen LogP contribution in [0.2, 0.25) is 0 Å². The first-order chi connectivity index (χ1) is 13.5. The molecule has 2 atom stereocenters.